The van der Waals surface area contributed by atoms with E-state index in [0.717, 1.165) is 63.3 Å². The summed E-state index contributed by atoms with van der Waals surface area (Å²) in [6.07, 6.45) is 4.01. The van der Waals surface area contributed by atoms with Gasteiger partial charge in [0.1, 0.15) is 5.75 Å². The normalized spacial score (nSPS) is 22.8. The fraction of sp³-hybridized carbons (Fsp3) is 0.636. The largest absolute Gasteiger partial charge is 0.497 e. The summed E-state index contributed by atoms with van der Waals surface area (Å²) in [6, 6.07) is 7.72. The average molecular weight is 388 g/mol. The number of amides is 2. The standard InChI is InChI=1S/C22H33N3O3/c1-23(2)12-13-25-17-22(10-8-20(25)26)9-5-11-24(16-22)21(27)15-18-6-4-7-19(14-18)28-3/h4,6-7,14H,5,8-13,15-17H2,1-3H3/t22-/m1/s1. The van der Waals surface area contributed by atoms with Crippen molar-refractivity contribution in [2.75, 3.05) is 53.9 Å². The first kappa shape index (κ1) is 20.6. The van der Waals surface area contributed by atoms with Crippen LogP contribution in [0.25, 0.3) is 0 Å². The van der Waals surface area contributed by atoms with Crippen LogP contribution in [0.4, 0.5) is 0 Å². The number of likely N-dealkylation sites (tertiary alicyclic amines) is 2. The topological polar surface area (TPSA) is 53.1 Å². The zero-order chi connectivity index (χ0) is 20.1. The third-order valence-corrected chi connectivity index (χ3v) is 6.07. The Morgan fingerprint density at radius 2 is 2.07 bits per heavy atom. The van der Waals surface area contributed by atoms with Gasteiger partial charge in [0.15, 0.2) is 0 Å². The van der Waals surface area contributed by atoms with Crippen LogP contribution in [-0.4, -0.2) is 80.4 Å². The smallest absolute Gasteiger partial charge is 0.227 e. The van der Waals surface area contributed by atoms with Crippen molar-refractivity contribution < 1.29 is 14.3 Å². The molecule has 2 aliphatic heterocycles. The van der Waals surface area contributed by atoms with Crippen molar-refractivity contribution in [2.45, 2.75) is 32.1 Å². The van der Waals surface area contributed by atoms with E-state index in [1.165, 1.54) is 0 Å². The molecule has 0 N–H and O–H groups in total. The predicted octanol–water partition coefficient (Wildman–Crippen LogP) is 2.03. The molecule has 2 saturated heterocycles. The molecule has 0 unspecified atom stereocenters. The quantitative estimate of drug-likeness (QED) is 0.750. The molecule has 0 radical (unpaired) electrons. The lowest BCUT2D eigenvalue weighted by atomic mass is 9.73. The summed E-state index contributed by atoms with van der Waals surface area (Å²) >= 11 is 0. The number of hydrogen-bond acceptors (Lipinski definition) is 4. The molecule has 1 atom stereocenters. The number of carbonyl (C=O) groups is 2. The van der Waals surface area contributed by atoms with Crippen molar-refractivity contribution >= 4 is 11.8 Å². The minimum Gasteiger partial charge on any atom is -0.497 e. The van der Waals surface area contributed by atoms with Crippen LogP contribution in [0.2, 0.25) is 0 Å². The van der Waals surface area contributed by atoms with Gasteiger partial charge in [0.25, 0.3) is 0 Å². The van der Waals surface area contributed by atoms with Gasteiger partial charge in [-0.1, -0.05) is 12.1 Å². The van der Waals surface area contributed by atoms with E-state index in [4.69, 9.17) is 4.74 Å². The van der Waals surface area contributed by atoms with Crippen LogP contribution >= 0.6 is 0 Å². The molecule has 1 spiro atoms. The molecular formula is C22H33N3O3. The third kappa shape index (κ3) is 5.04. The van der Waals surface area contributed by atoms with Crippen molar-refractivity contribution in [1.29, 1.82) is 0 Å². The lowest BCUT2D eigenvalue weighted by molar-refractivity contribution is -0.142. The second kappa shape index (κ2) is 8.95. The fourth-order valence-corrected chi connectivity index (χ4v) is 4.45. The van der Waals surface area contributed by atoms with E-state index in [2.05, 4.69) is 4.90 Å². The molecule has 2 fully saturated rings. The molecule has 1 aromatic rings. The van der Waals surface area contributed by atoms with Gasteiger partial charge in [0.05, 0.1) is 13.5 Å². The third-order valence-electron chi connectivity index (χ3n) is 6.07. The van der Waals surface area contributed by atoms with Crippen LogP contribution in [-0.2, 0) is 16.0 Å². The summed E-state index contributed by atoms with van der Waals surface area (Å²) in [5, 5.41) is 0. The number of ether oxygens (including phenoxy) is 1. The summed E-state index contributed by atoms with van der Waals surface area (Å²) in [6.45, 7) is 4.01. The van der Waals surface area contributed by atoms with Crippen LogP contribution in [0.3, 0.4) is 0 Å². The van der Waals surface area contributed by atoms with E-state index in [1.807, 2.05) is 48.2 Å². The van der Waals surface area contributed by atoms with Crippen LogP contribution in [0.1, 0.15) is 31.2 Å². The summed E-state index contributed by atoms with van der Waals surface area (Å²) in [5.41, 5.74) is 1.04. The Hall–Kier alpha value is -2.08. The Morgan fingerprint density at radius 1 is 1.25 bits per heavy atom. The summed E-state index contributed by atoms with van der Waals surface area (Å²) in [7, 11) is 5.70. The van der Waals surface area contributed by atoms with E-state index in [1.54, 1.807) is 7.11 Å². The maximum atomic E-state index is 13.0. The van der Waals surface area contributed by atoms with Gasteiger partial charge < -0.3 is 19.4 Å². The van der Waals surface area contributed by atoms with Gasteiger partial charge in [-0.05, 0) is 51.1 Å². The first-order chi connectivity index (χ1) is 13.4. The number of likely N-dealkylation sites (N-methyl/N-ethyl adjacent to an activating group) is 1. The van der Waals surface area contributed by atoms with Gasteiger partial charge in [-0.3, -0.25) is 9.59 Å². The van der Waals surface area contributed by atoms with Gasteiger partial charge >= 0.3 is 0 Å². The summed E-state index contributed by atoms with van der Waals surface area (Å²) < 4.78 is 5.27. The van der Waals surface area contributed by atoms with E-state index in [-0.39, 0.29) is 17.2 Å². The number of methoxy groups -OCH3 is 1. The van der Waals surface area contributed by atoms with Crippen molar-refractivity contribution in [3.63, 3.8) is 0 Å². The maximum Gasteiger partial charge on any atom is 0.227 e. The Bertz CT molecular complexity index is 706. The number of hydrogen-bond donors (Lipinski definition) is 0. The predicted molar refractivity (Wildman–Crippen MR) is 109 cm³/mol. The van der Waals surface area contributed by atoms with Crippen LogP contribution in [0, 0.1) is 5.41 Å². The molecule has 3 rings (SSSR count). The summed E-state index contributed by atoms with van der Waals surface area (Å²) in [4.78, 5) is 31.5. The number of benzene rings is 1. The molecule has 2 heterocycles. The number of piperidine rings is 2. The lowest BCUT2D eigenvalue weighted by Crippen LogP contribution is -2.56. The minimum atomic E-state index is 0.0580. The SMILES string of the molecule is COc1cccc(CC(=O)N2CCC[C@@]3(CCC(=O)N(CCN(C)C)C3)C2)c1. The number of rotatable bonds is 6. The molecule has 154 valence electrons. The Labute approximate surface area is 168 Å². The zero-order valence-corrected chi connectivity index (χ0v) is 17.4. The Morgan fingerprint density at radius 3 is 2.82 bits per heavy atom. The second-order valence-corrected chi connectivity index (χ2v) is 8.57. The maximum absolute atomic E-state index is 13.0. The highest BCUT2D eigenvalue weighted by Crippen LogP contribution is 2.39. The van der Waals surface area contributed by atoms with E-state index < -0.39 is 0 Å². The zero-order valence-electron chi connectivity index (χ0n) is 17.4. The fourth-order valence-electron chi connectivity index (χ4n) is 4.45. The van der Waals surface area contributed by atoms with Crippen molar-refractivity contribution in [3.8, 4) is 5.75 Å². The van der Waals surface area contributed by atoms with Crippen molar-refractivity contribution in [2.24, 2.45) is 5.41 Å². The molecular weight excluding hydrogens is 354 g/mol. The van der Waals surface area contributed by atoms with Gasteiger partial charge in [-0.2, -0.15) is 0 Å². The van der Waals surface area contributed by atoms with Crippen molar-refractivity contribution in [3.05, 3.63) is 29.8 Å². The van der Waals surface area contributed by atoms with Crippen LogP contribution in [0.15, 0.2) is 24.3 Å². The molecule has 0 aliphatic carbocycles. The lowest BCUT2D eigenvalue weighted by Gasteiger charge is -2.48. The first-order valence-corrected chi connectivity index (χ1v) is 10.2. The number of carbonyl (C=O) groups excluding carboxylic acids is 2. The molecule has 28 heavy (non-hydrogen) atoms. The van der Waals surface area contributed by atoms with E-state index in [0.29, 0.717) is 12.8 Å². The van der Waals surface area contributed by atoms with Crippen LogP contribution < -0.4 is 4.74 Å². The van der Waals surface area contributed by atoms with Gasteiger partial charge in [-0.25, -0.2) is 0 Å². The monoisotopic (exact) mass is 387 g/mol. The number of nitrogens with zero attached hydrogens (tertiary/aromatic N) is 3. The highest BCUT2D eigenvalue weighted by molar-refractivity contribution is 5.79. The molecule has 0 aromatic heterocycles. The summed E-state index contributed by atoms with van der Waals surface area (Å²) in [5.74, 6) is 1.21. The van der Waals surface area contributed by atoms with Gasteiger partial charge in [-0.15, -0.1) is 0 Å². The molecule has 6 nitrogen and oxygen atoms in total. The molecule has 2 aliphatic rings. The molecule has 0 saturated carbocycles. The molecule has 2 amide bonds. The highest BCUT2D eigenvalue weighted by Gasteiger charge is 2.42. The Balaban J connectivity index is 1.63. The van der Waals surface area contributed by atoms with Gasteiger partial charge in [0.2, 0.25) is 11.8 Å². The van der Waals surface area contributed by atoms with E-state index >= 15 is 0 Å². The van der Waals surface area contributed by atoms with Gasteiger partial charge in [0, 0.05) is 44.6 Å². The van der Waals surface area contributed by atoms with E-state index in [9.17, 15) is 9.59 Å². The van der Waals surface area contributed by atoms with Crippen LogP contribution in [0.5, 0.6) is 5.75 Å². The molecule has 0 bridgehead atoms. The average Bonchev–Trinajstić information content (AvgIpc) is 2.69. The Kier molecular flexibility index (Phi) is 6.60. The molecule has 1 aromatic carbocycles. The van der Waals surface area contributed by atoms with Crippen molar-refractivity contribution in [1.82, 2.24) is 14.7 Å². The highest BCUT2D eigenvalue weighted by atomic mass is 16.5. The second-order valence-electron chi connectivity index (χ2n) is 8.57. The minimum absolute atomic E-state index is 0.0580. The first-order valence-electron chi connectivity index (χ1n) is 10.2. The molecule has 6 heteroatoms.